The molecule has 1 aliphatic rings. The Morgan fingerprint density at radius 1 is 1.50 bits per heavy atom. The van der Waals surface area contributed by atoms with Gasteiger partial charge in [-0.2, -0.15) is 4.31 Å². The number of aliphatic carboxylic acids is 1. The molecule has 2 unspecified atom stereocenters. The normalized spacial score (nSPS) is 26.1. The first kappa shape index (κ1) is 15.4. The number of hydrogen-bond acceptors (Lipinski definition) is 4. The molecule has 0 aromatic carbocycles. The zero-order valence-corrected chi connectivity index (χ0v) is 11.5. The number of carboxylic acids is 1. The van der Waals surface area contributed by atoms with E-state index < -0.39 is 16.0 Å². The van der Waals surface area contributed by atoms with Gasteiger partial charge in [-0.1, -0.05) is 6.92 Å². The largest absolute Gasteiger partial charge is 0.481 e. The van der Waals surface area contributed by atoms with Crippen LogP contribution in [0, 0.1) is 5.92 Å². The Morgan fingerprint density at radius 2 is 2.17 bits per heavy atom. The van der Waals surface area contributed by atoms with Gasteiger partial charge < -0.3 is 10.8 Å². The number of piperidine rings is 1. The van der Waals surface area contributed by atoms with Crippen LogP contribution in [0.25, 0.3) is 0 Å². The van der Waals surface area contributed by atoms with E-state index in [4.69, 9.17) is 10.8 Å². The number of nitrogens with two attached hydrogens (primary N) is 1. The van der Waals surface area contributed by atoms with Crippen molar-refractivity contribution in [2.24, 2.45) is 11.7 Å². The lowest BCUT2D eigenvalue weighted by atomic mass is 9.93. The van der Waals surface area contributed by atoms with E-state index in [9.17, 15) is 13.2 Å². The van der Waals surface area contributed by atoms with Crippen LogP contribution in [-0.2, 0) is 14.8 Å². The van der Waals surface area contributed by atoms with E-state index in [0.29, 0.717) is 13.1 Å². The molecule has 2 atom stereocenters. The van der Waals surface area contributed by atoms with Crippen molar-refractivity contribution in [2.75, 3.05) is 18.8 Å². The van der Waals surface area contributed by atoms with Crippen molar-refractivity contribution >= 4 is 16.0 Å². The van der Waals surface area contributed by atoms with Gasteiger partial charge in [0.2, 0.25) is 10.0 Å². The van der Waals surface area contributed by atoms with Crippen molar-refractivity contribution in [2.45, 2.75) is 38.6 Å². The molecule has 1 aliphatic heterocycles. The Hall–Kier alpha value is -0.660. The van der Waals surface area contributed by atoms with Crippen LogP contribution in [0.4, 0.5) is 0 Å². The topological polar surface area (TPSA) is 101 Å². The van der Waals surface area contributed by atoms with Gasteiger partial charge in [-0.05, 0) is 25.2 Å². The van der Waals surface area contributed by atoms with Crippen molar-refractivity contribution in [1.29, 1.82) is 0 Å². The highest BCUT2D eigenvalue weighted by Gasteiger charge is 2.34. The molecular weight excluding hydrogens is 256 g/mol. The lowest BCUT2D eigenvalue weighted by Crippen LogP contribution is -2.51. The third kappa shape index (κ3) is 3.93. The molecule has 6 nitrogen and oxygen atoms in total. The van der Waals surface area contributed by atoms with Gasteiger partial charge in [0.05, 0.1) is 5.75 Å². The molecule has 0 amide bonds. The van der Waals surface area contributed by atoms with Crippen LogP contribution < -0.4 is 5.73 Å². The van der Waals surface area contributed by atoms with Gasteiger partial charge in [-0.25, -0.2) is 8.42 Å². The van der Waals surface area contributed by atoms with E-state index in [1.54, 1.807) is 0 Å². The van der Waals surface area contributed by atoms with Crippen molar-refractivity contribution in [3.8, 4) is 0 Å². The fourth-order valence-corrected chi connectivity index (χ4v) is 4.29. The molecule has 3 N–H and O–H groups in total. The van der Waals surface area contributed by atoms with E-state index in [0.717, 1.165) is 12.8 Å². The van der Waals surface area contributed by atoms with Gasteiger partial charge in [0.25, 0.3) is 0 Å². The van der Waals surface area contributed by atoms with Gasteiger partial charge in [0.1, 0.15) is 0 Å². The first-order chi connectivity index (χ1) is 8.38. The van der Waals surface area contributed by atoms with Crippen LogP contribution in [0.15, 0.2) is 0 Å². The summed E-state index contributed by atoms with van der Waals surface area (Å²) >= 11 is 0. The lowest BCUT2D eigenvalue weighted by Gasteiger charge is -2.38. The van der Waals surface area contributed by atoms with Crippen molar-refractivity contribution in [1.82, 2.24) is 4.31 Å². The molecule has 1 saturated heterocycles. The molecule has 0 aliphatic carbocycles. The maximum Gasteiger partial charge on any atom is 0.303 e. The standard InChI is InChI=1S/C11H22N2O4S/c1-9-4-2-6-13(10(9)8-12)18(16,17)7-3-5-11(14)15/h9-10H,2-8,12H2,1H3,(H,14,15). The van der Waals surface area contributed by atoms with Gasteiger partial charge >= 0.3 is 5.97 Å². The quantitative estimate of drug-likeness (QED) is 0.725. The first-order valence-corrected chi connectivity index (χ1v) is 7.90. The average Bonchev–Trinajstić information content (AvgIpc) is 2.27. The van der Waals surface area contributed by atoms with Gasteiger partial charge in [-0.3, -0.25) is 4.79 Å². The highest BCUT2D eigenvalue weighted by Crippen LogP contribution is 2.25. The molecule has 0 bridgehead atoms. The molecule has 1 heterocycles. The van der Waals surface area contributed by atoms with Gasteiger partial charge in [0.15, 0.2) is 0 Å². The van der Waals surface area contributed by atoms with Crippen LogP contribution in [0.3, 0.4) is 0 Å². The number of carbonyl (C=O) groups is 1. The SMILES string of the molecule is CC1CCCN(S(=O)(=O)CCCC(=O)O)C1CN. The highest BCUT2D eigenvalue weighted by atomic mass is 32.2. The predicted octanol–water partition coefficient (Wildman–Crippen LogP) is 0.240. The number of carboxylic acid groups (broad SMARTS) is 1. The summed E-state index contributed by atoms with van der Waals surface area (Å²) in [6, 6.07) is -0.145. The van der Waals surface area contributed by atoms with Crippen molar-refractivity contribution < 1.29 is 18.3 Å². The molecule has 1 fully saturated rings. The van der Waals surface area contributed by atoms with E-state index in [1.165, 1.54) is 4.31 Å². The Morgan fingerprint density at radius 3 is 2.72 bits per heavy atom. The second-order valence-electron chi connectivity index (χ2n) is 4.85. The minimum atomic E-state index is -3.38. The minimum Gasteiger partial charge on any atom is -0.481 e. The summed E-state index contributed by atoms with van der Waals surface area (Å²) in [5.41, 5.74) is 5.66. The van der Waals surface area contributed by atoms with Crippen LogP contribution in [0.2, 0.25) is 0 Å². The van der Waals surface area contributed by atoms with Crippen LogP contribution in [0.1, 0.15) is 32.6 Å². The Kier molecular flexibility index (Phi) is 5.55. The highest BCUT2D eigenvalue weighted by molar-refractivity contribution is 7.89. The summed E-state index contributed by atoms with van der Waals surface area (Å²) in [6.07, 6.45) is 1.87. The fourth-order valence-electron chi connectivity index (χ4n) is 2.43. The average molecular weight is 278 g/mol. The van der Waals surface area contributed by atoms with Crippen LogP contribution in [-0.4, -0.2) is 48.7 Å². The number of rotatable bonds is 6. The monoisotopic (exact) mass is 278 g/mol. The summed E-state index contributed by atoms with van der Waals surface area (Å²) in [7, 11) is -3.38. The Labute approximate surface area is 108 Å². The van der Waals surface area contributed by atoms with E-state index in [2.05, 4.69) is 0 Å². The van der Waals surface area contributed by atoms with Crippen molar-refractivity contribution in [3.63, 3.8) is 0 Å². The summed E-state index contributed by atoms with van der Waals surface area (Å²) in [4.78, 5) is 10.4. The molecule has 1 rings (SSSR count). The number of nitrogens with zero attached hydrogens (tertiary/aromatic N) is 1. The second-order valence-corrected chi connectivity index (χ2v) is 6.89. The molecule has 7 heteroatoms. The second kappa shape index (κ2) is 6.49. The molecule has 0 saturated carbocycles. The van der Waals surface area contributed by atoms with E-state index in [-0.39, 0.29) is 30.6 Å². The summed E-state index contributed by atoms with van der Waals surface area (Å²) in [5, 5.41) is 8.53. The zero-order chi connectivity index (χ0) is 13.8. The third-order valence-corrected chi connectivity index (χ3v) is 5.43. The summed E-state index contributed by atoms with van der Waals surface area (Å²) < 4.78 is 25.8. The molecule has 0 spiro atoms. The van der Waals surface area contributed by atoms with Crippen molar-refractivity contribution in [3.05, 3.63) is 0 Å². The Bertz CT molecular complexity index is 383. The zero-order valence-electron chi connectivity index (χ0n) is 10.7. The molecular formula is C11H22N2O4S. The molecule has 0 aromatic heterocycles. The third-order valence-electron chi connectivity index (χ3n) is 3.46. The summed E-state index contributed by atoms with van der Waals surface area (Å²) in [6.45, 7) is 2.83. The Balaban J connectivity index is 2.67. The fraction of sp³-hybridized carbons (Fsp3) is 0.909. The number of hydrogen-bond donors (Lipinski definition) is 2. The molecule has 18 heavy (non-hydrogen) atoms. The van der Waals surface area contributed by atoms with Gasteiger partial charge in [0, 0.05) is 25.6 Å². The predicted molar refractivity (Wildman–Crippen MR) is 68.6 cm³/mol. The maximum absolute atomic E-state index is 12.2. The molecule has 0 radical (unpaired) electrons. The first-order valence-electron chi connectivity index (χ1n) is 6.30. The van der Waals surface area contributed by atoms with Crippen LogP contribution >= 0.6 is 0 Å². The summed E-state index contributed by atoms with van der Waals surface area (Å²) in [5.74, 6) is -0.812. The van der Waals surface area contributed by atoms with E-state index >= 15 is 0 Å². The molecule has 0 aromatic rings. The van der Waals surface area contributed by atoms with E-state index in [1.807, 2.05) is 6.92 Å². The molecule has 106 valence electrons. The minimum absolute atomic E-state index is 0.109. The van der Waals surface area contributed by atoms with Gasteiger partial charge in [-0.15, -0.1) is 0 Å². The maximum atomic E-state index is 12.2. The number of sulfonamides is 1. The smallest absolute Gasteiger partial charge is 0.303 e. The lowest BCUT2D eigenvalue weighted by molar-refractivity contribution is -0.137. The van der Waals surface area contributed by atoms with Crippen LogP contribution in [0.5, 0.6) is 0 Å².